The van der Waals surface area contributed by atoms with Crippen LogP contribution in [0.1, 0.15) is 48.1 Å². The third-order valence-corrected chi connectivity index (χ3v) is 3.74. The van der Waals surface area contributed by atoms with Crippen LogP contribution in [-0.2, 0) is 6.61 Å². The highest BCUT2D eigenvalue weighted by atomic mass is 16.5. The van der Waals surface area contributed by atoms with E-state index in [0.717, 1.165) is 29.7 Å². The molecule has 112 valence electrons. The summed E-state index contributed by atoms with van der Waals surface area (Å²) in [7, 11) is 0. The monoisotopic (exact) mass is 283 g/mol. The van der Waals surface area contributed by atoms with Gasteiger partial charge in [-0.2, -0.15) is 0 Å². The fourth-order valence-corrected chi connectivity index (χ4v) is 2.63. The number of nitrogens with two attached hydrogens (primary N) is 1. The highest BCUT2D eigenvalue weighted by molar-refractivity contribution is 5.44. The Morgan fingerprint density at radius 3 is 2.24 bits per heavy atom. The predicted molar refractivity (Wildman–Crippen MR) is 88.5 cm³/mol. The topological polar surface area (TPSA) is 35.2 Å². The van der Waals surface area contributed by atoms with Crippen LogP contribution in [0.5, 0.6) is 5.75 Å². The molecular formula is C19H25NO. The summed E-state index contributed by atoms with van der Waals surface area (Å²) in [4.78, 5) is 0. The zero-order valence-corrected chi connectivity index (χ0v) is 13.2. The molecule has 2 rings (SSSR count). The van der Waals surface area contributed by atoms with Gasteiger partial charge in [0.05, 0.1) is 0 Å². The first-order valence-corrected chi connectivity index (χ1v) is 7.65. The second-order valence-electron chi connectivity index (χ2n) is 5.65. The molecule has 0 amide bonds. The van der Waals surface area contributed by atoms with Crippen molar-refractivity contribution in [1.82, 2.24) is 0 Å². The van der Waals surface area contributed by atoms with E-state index in [1.807, 2.05) is 18.2 Å². The molecular weight excluding hydrogens is 258 g/mol. The highest BCUT2D eigenvalue weighted by Gasteiger charge is 2.11. The molecule has 0 radical (unpaired) electrons. The molecule has 0 saturated heterocycles. The van der Waals surface area contributed by atoms with Crippen molar-refractivity contribution in [2.45, 2.75) is 46.3 Å². The van der Waals surface area contributed by atoms with Crippen LogP contribution in [0.3, 0.4) is 0 Å². The SMILES string of the molecule is CCC[C@@H](N)c1cc(C)c(OCc2ccccc2)c(C)c1. The third kappa shape index (κ3) is 4.08. The first kappa shape index (κ1) is 15.6. The average molecular weight is 283 g/mol. The molecule has 0 aliphatic heterocycles. The number of hydrogen-bond donors (Lipinski definition) is 1. The molecule has 0 spiro atoms. The van der Waals surface area contributed by atoms with E-state index in [-0.39, 0.29) is 6.04 Å². The number of ether oxygens (including phenoxy) is 1. The molecule has 0 aliphatic rings. The van der Waals surface area contributed by atoms with Gasteiger partial charge in [0.1, 0.15) is 12.4 Å². The highest BCUT2D eigenvalue weighted by Crippen LogP contribution is 2.28. The van der Waals surface area contributed by atoms with Gasteiger partial charge in [0, 0.05) is 6.04 Å². The van der Waals surface area contributed by atoms with E-state index in [1.54, 1.807) is 0 Å². The maximum Gasteiger partial charge on any atom is 0.125 e. The van der Waals surface area contributed by atoms with Crippen LogP contribution >= 0.6 is 0 Å². The second-order valence-corrected chi connectivity index (χ2v) is 5.65. The summed E-state index contributed by atoms with van der Waals surface area (Å²) < 4.78 is 6.01. The summed E-state index contributed by atoms with van der Waals surface area (Å²) in [5.74, 6) is 0.978. The molecule has 1 atom stereocenters. The number of aryl methyl sites for hydroxylation is 2. The van der Waals surface area contributed by atoms with E-state index in [4.69, 9.17) is 10.5 Å². The lowest BCUT2D eigenvalue weighted by Gasteiger charge is -2.17. The smallest absolute Gasteiger partial charge is 0.125 e. The molecule has 2 heteroatoms. The van der Waals surface area contributed by atoms with Gasteiger partial charge in [0.25, 0.3) is 0 Å². The summed E-state index contributed by atoms with van der Waals surface area (Å²) >= 11 is 0. The van der Waals surface area contributed by atoms with E-state index in [9.17, 15) is 0 Å². The first-order valence-electron chi connectivity index (χ1n) is 7.65. The molecule has 0 fully saturated rings. The predicted octanol–water partition coefficient (Wildman–Crippen LogP) is 4.68. The second kappa shape index (κ2) is 7.28. The van der Waals surface area contributed by atoms with Gasteiger partial charge in [-0.05, 0) is 42.5 Å². The fourth-order valence-electron chi connectivity index (χ4n) is 2.63. The van der Waals surface area contributed by atoms with Crippen molar-refractivity contribution in [2.24, 2.45) is 5.73 Å². The van der Waals surface area contributed by atoms with Gasteiger partial charge in [0.15, 0.2) is 0 Å². The lowest BCUT2D eigenvalue weighted by atomic mass is 9.98. The van der Waals surface area contributed by atoms with Crippen LogP contribution in [-0.4, -0.2) is 0 Å². The van der Waals surface area contributed by atoms with Crippen molar-refractivity contribution >= 4 is 0 Å². The summed E-state index contributed by atoms with van der Waals surface area (Å²) in [5.41, 5.74) is 10.9. The summed E-state index contributed by atoms with van der Waals surface area (Å²) in [6.45, 7) is 6.95. The molecule has 21 heavy (non-hydrogen) atoms. The van der Waals surface area contributed by atoms with Gasteiger partial charge in [-0.1, -0.05) is 55.8 Å². The first-order chi connectivity index (χ1) is 10.1. The van der Waals surface area contributed by atoms with Crippen molar-refractivity contribution in [3.63, 3.8) is 0 Å². The van der Waals surface area contributed by atoms with Crippen LogP contribution in [0.15, 0.2) is 42.5 Å². The van der Waals surface area contributed by atoms with E-state index >= 15 is 0 Å². The fraction of sp³-hybridized carbons (Fsp3) is 0.368. The Labute approximate surface area is 127 Å². The maximum atomic E-state index is 6.22. The Bertz CT molecular complexity index is 554. The Kier molecular flexibility index (Phi) is 5.40. The average Bonchev–Trinajstić information content (AvgIpc) is 2.47. The largest absolute Gasteiger partial charge is 0.488 e. The van der Waals surface area contributed by atoms with Crippen molar-refractivity contribution < 1.29 is 4.74 Å². The van der Waals surface area contributed by atoms with Gasteiger partial charge >= 0.3 is 0 Å². The molecule has 0 aromatic heterocycles. The Morgan fingerprint density at radius 2 is 1.67 bits per heavy atom. The number of hydrogen-bond acceptors (Lipinski definition) is 2. The summed E-state index contributed by atoms with van der Waals surface area (Å²) in [6, 6.07) is 14.7. The van der Waals surface area contributed by atoms with Crippen LogP contribution < -0.4 is 10.5 Å². The van der Waals surface area contributed by atoms with Crippen LogP contribution in [0.4, 0.5) is 0 Å². The molecule has 0 heterocycles. The van der Waals surface area contributed by atoms with Crippen molar-refractivity contribution in [1.29, 1.82) is 0 Å². The lowest BCUT2D eigenvalue weighted by molar-refractivity contribution is 0.302. The maximum absolute atomic E-state index is 6.22. The summed E-state index contributed by atoms with van der Waals surface area (Å²) in [5, 5.41) is 0. The zero-order valence-electron chi connectivity index (χ0n) is 13.2. The van der Waals surface area contributed by atoms with Gasteiger partial charge in [-0.25, -0.2) is 0 Å². The van der Waals surface area contributed by atoms with Crippen molar-refractivity contribution in [2.75, 3.05) is 0 Å². The van der Waals surface area contributed by atoms with Gasteiger partial charge < -0.3 is 10.5 Å². The van der Waals surface area contributed by atoms with Gasteiger partial charge in [-0.3, -0.25) is 0 Å². The van der Waals surface area contributed by atoms with E-state index in [0.29, 0.717) is 6.61 Å². The number of benzene rings is 2. The molecule has 2 aromatic carbocycles. The molecule has 0 unspecified atom stereocenters. The van der Waals surface area contributed by atoms with Crippen LogP contribution in [0.2, 0.25) is 0 Å². The quantitative estimate of drug-likeness (QED) is 0.835. The molecule has 0 saturated carbocycles. The zero-order chi connectivity index (χ0) is 15.2. The lowest BCUT2D eigenvalue weighted by Crippen LogP contribution is -2.11. The van der Waals surface area contributed by atoms with Crippen molar-refractivity contribution in [3.05, 3.63) is 64.7 Å². The Balaban J connectivity index is 2.13. The Hall–Kier alpha value is -1.80. The minimum Gasteiger partial charge on any atom is -0.488 e. The standard InChI is InChI=1S/C19H25NO/c1-4-8-18(20)17-11-14(2)19(15(3)12-17)21-13-16-9-6-5-7-10-16/h5-7,9-12,18H,4,8,13,20H2,1-3H3/t18-/m1/s1. The molecule has 2 N–H and O–H groups in total. The van der Waals surface area contributed by atoms with E-state index < -0.39 is 0 Å². The number of rotatable bonds is 6. The van der Waals surface area contributed by atoms with E-state index in [2.05, 4.69) is 45.0 Å². The van der Waals surface area contributed by atoms with Gasteiger partial charge in [-0.15, -0.1) is 0 Å². The van der Waals surface area contributed by atoms with Crippen LogP contribution in [0.25, 0.3) is 0 Å². The van der Waals surface area contributed by atoms with Crippen LogP contribution in [0, 0.1) is 13.8 Å². The summed E-state index contributed by atoms with van der Waals surface area (Å²) in [6.07, 6.45) is 2.12. The Morgan fingerprint density at radius 1 is 1.05 bits per heavy atom. The normalized spacial score (nSPS) is 12.2. The van der Waals surface area contributed by atoms with E-state index in [1.165, 1.54) is 11.1 Å². The molecule has 2 aromatic rings. The molecule has 0 bridgehead atoms. The minimum absolute atomic E-state index is 0.121. The van der Waals surface area contributed by atoms with Gasteiger partial charge in [0.2, 0.25) is 0 Å². The molecule has 2 nitrogen and oxygen atoms in total. The van der Waals surface area contributed by atoms with Crippen molar-refractivity contribution in [3.8, 4) is 5.75 Å². The molecule has 0 aliphatic carbocycles. The third-order valence-electron chi connectivity index (χ3n) is 3.74. The minimum atomic E-state index is 0.121.